The Morgan fingerprint density at radius 3 is 2.38 bits per heavy atom. The lowest BCUT2D eigenvalue weighted by Crippen LogP contribution is -2.26. The molecular formula is C26H29N3O2S. The molecule has 0 radical (unpaired) electrons. The number of rotatable bonds is 11. The fourth-order valence-corrected chi connectivity index (χ4v) is 4.04. The molecule has 3 aromatic carbocycles. The summed E-state index contributed by atoms with van der Waals surface area (Å²) in [5, 5.41) is 5.90. The lowest BCUT2D eigenvalue weighted by atomic mass is 10.1. The normalized spacial score (nSPS) is 10.5. The van der Waals surface area contributed by atoms with Gasteiger partial charge < -0.3 is 16.4 Å². The van der Waals surface area contributed by atoms with Crippen LogP contribution in [0.3, 0.4) is 0 Å². The summed E-state index contributed by atoms with van der Waals surface area (Å²) in [4.78, 5) is 25.2. The fourth-order valence-electron chi connectivity index (χ4n) is 3.25. The zero-order valence-electron chi connectivity index (χ0n) is 18.1. The van der Waals surface area contributed by atoms with E-state index in [1.807, 2.05) is 66.7 Å². The first kappa shape index (κ1) is 23.4. The highest BCUT2D eigenvalue weighted by Crippen LogP contribution is 2.22. The summed E-state index contributed by atoms with van der Waals surface area (Å²) in [6.07, 6.45) is 3.00. The molecule has 0 aromatic heterocycles. The molecule has 5 nitrogen and oxygen atoms in total. The maximum absolute atomic E-state index is 12.3. The van der Waals surface area contributed by atoms with E-state index in [1.165, 1.54) is 11.8 Å². The average Bonchev–Trinajstić information content (AvgIpc) is 2.81. The Hall–Kier alpha value is -3.25. The quantitative estimate of drug-likeness (QED) is 0.210. The van der Waals surface area contributed by atoms with Gasteiger partial charge in [0.1, 0.15) is 0 Å². The van der Waals surface area contributed by atoms with Crippen molar-refractivity contribution in [3.05, 3.63) is 78.9 Å². The van der Waals surface area contributed by atoms with Crippen molar-refractivity contribution >= 4 is 35.0 Å². The Bertz CT molecular complexity index is 1020. The summed E-state index contributed by atoms with van der Waals surface area (Å²) < 4.78 is 0. The van der Waals surface area contributed by atoms with Crippen molar-refractivity contribution in [3.8, 4) is 11.1 Å². The summed E-state index contributed by atoms with van der Waals surface area (Å²) in [5.74, 6) is 0.389. The van der Waals surface area contributed by atoms with Crippen molar-refractivity contribution in [3.63, 3.8) is 0 Å². The molecule has 2 amide bonds. The molecule has 0 aliphatic rings. The van der Waals surface area contributed by atoms with Gasteiger partial charge in [-0.15, -0.1) is 11.8 Å². The van der Waals surface area contributed by atoms with E-state index < -0.39 is 0 Å². The second-order valence-corrected chi connectivity index (χ2v) is 8.57. The molecule has 32 heavy (non-hydrogen) atoms. The minimum Gasteiger partial charge on any atom is -0.399 e. The third kappa shape index (κ3) is 8.12. The molecular weight excluding hydrogens is 418 g/mol. The highest BCUT2D eigenvalue weighted by molar-refractivity contribution is 8.00. The van der Waals surface area contributed by atoms with Crippen LogP contribution >= 0.6 is 11.8 Å². The molecule has 0 bridgehead atoms. The van der Waals surface area contributed by atoms with Crippen molar-refractivity contribution < 1.29 is 9.59 Å². The first-order chi connectivity index (χ1) is 15.6. The van der Waals surface area contributed by atoms with Crippen LogP contribution < -0.4 is 16.4 Å². The van der Waals surface area contributed by atoms with Crippen LogP contribution in [0.2, 0.25) is 0 Å². The predicted molar refractivity (Wildman–Crippen MR) is 134 cm³/mol. The number of hydrogen-bond acceptors (Lipinski definition) is 4. The minimum atomic E-state index is 0.00784. The summed E-state index contributed by atoms with van der Waals surface area (Å²) in [5.41, 5.74) is 9.45. The lowest BCUT2D eigenvalue weighted by molar-refractivity contribution is -0.118. The SMILES string of the molecule is Nc1cccc(SCC(=O)NCCCCCC(=O)Nc2cccc(-c3ccccc3)c2)c1. The van der Waals surface area contributed by atoms with Gasteiger partial charge in [0.25, 0.3) is 0 Å². The van der Waals surface area contributed by atoms with Gasteiger partial charge >= 0.3 is 0 Å². The number of anilines is 2. The number of nitrogens with one attached hydrogen (secondary N) is 2. The first-order valence-electron chi connectivity index (χ1n) is 10.8. The highest BCUT2D eigenvalue weighted by Gasteiger charge is 2.05. The number of carbonyl (C=O) groups is 2. The van der Waals surface area contributed by atoms with Crippen LogP contribution in [0.5, 0.6) is 0 Å². The Labute approximate surface area is 193 Å². The van der Waals surface area contributed by atoms with Crippen LogP contribution in [0.25, 0.3) is 11.1 Å². The van der Waals surface area contributed by atoms with E-state index in [0.717, 1.165) is 41.0 Å². The smallest absolute Gasteiger partial charge is 0.230 e. The molecule has 3 rings (SSSR count). The second kappa shape index (κ2) is 12.6. The van der Waals surface area contributed by atoms with Gasteiger partial charge in [-0.3, -0.25) is 9.59 Å². The summed E-state index contributed by atoms with van der Waals surface area (Å²) in [6.45, 7) is 0.622. The van der Waals surface area contributed by atoms with E-state index in [2.05, 4.69) is 22.8 Å². The topological polar surface area (TPSA) is 84.2 Å². The van der Waals surface area contributed by atoms with Gasteiger partial charge in [-0.05, 0) is 54.3 Å². The maximum Gasteiger partial charge on any atom is 0.230 e. The van der Waals surface area contributed by atoms with E-state index >= 15 is 0 Å². The van der Waals surface area contributed by atoms with Crippen molar-refractivity contribution in [2.45, 2.75) is 30.6 Å². The van der Waals surface area contributed by atoms with Crippen molar-refractivity contribution in [1.82, 2.24) is 5.32 Å². The molecule has 0 saturated carbocycles. The molecule has 0 spiro atoms. The molecule has 0 unspecified atom stereocenters. The lowest BCUT2D eigenvalue weighted by Gasteiger charge is -2.08. The van der Waals surface area contributed by atoms with Crippen LogP contribution in [-0.2, 0) is 9.59 Å². The molecule has 4 N–H and O–H groups in total. The molecule has 0 atom stereocenters. The van der Waals surface area contributed by atoms with E-state index in [1.54, 1.807) is 0 Å². The van der Waals surface area contributed by atoms with Crippen LogP contribution in [-0.4, -0.2) is 24.1 Å². The van der Waals surface area contributed by atoms with Gasteiger partial charge in [-0.25, -0.2) is 0 Å². The Kier molecular flexibility index (Phi) is 9.20. The standard InChI is InChI=1S/C26H29N3O2S/c27-22-12-8-14-24(18-22)32-19-26(31)28-16-6-2-5-15-25(30)29-23-13-7-11-21(17-23)20-9-3-1-4-10-20/h1,3-4,7-14,17-18H,2,5-6,15-16,19,27H2,(H,28,31)(H,29,30). The fraction of sp³-hybridized carbons (Fsp3) is 0.231. The summed E-state index contributed by atoms with van der Waals surface area (Å²) >= 11 is 1.47. The highest BCUT2D eigenvalue weighted by atomic mass is 32.2. The van der Waals surface area contributed by atoms with Crippen molar-refractivity contribution in [2.75, 3.05) is 23.3 Å². The number of hydrogen-bond donors (Lipinski definition) is 3. The van der Waals surface area contributed by atoms with Crippen LogP contribution in [0.4, 0.5) is 11.4 Å². The van der Waals surface area contributed by atoms with Gasteiger partial charge in [-0.1, -0.05) is 55.0 Å². The second-order valence-electron chi connectivity index (χ2n) is 7.52. The molecule has 0 saturated heterocycles. The van der Waals surface area contributed by atoms with E-state index in [-0.39, 0.29) is 11.8 Å². The maximum atomic E-state index is 12.3. The molecule has 166 valence electrons. The predicted octanol–water partition coefficient (Wildman–Crippen LogP) is 5.34. The van der Waals surface area contributed by atoms with Gasteiger partial charge in [0.2, 0.25) is 11.8 Å². The Morgan fingerprint density at radius 2 is 1.56 bits per heavy atom. The first-order valence-corrected chi connectivity index (χ1v) is 11.8. The van der Waals surface area contributed by atoms with Gasteiger partial charge in [0.15, 0.2) is 0 Å². The van der Waals surface area contributed by atoms with Gasteiger partial charge in [-0.2, -0.15) is 0 Å². The molecule has 3 aromatic rings. The van der Waals surface area contributed by atoms with E-state index in [4.69, 9.17) is 5.73 Å². The van der Waals surface area contributed by atoms with E-state index in [0.29, 0.717) is 24.4 Å². The van der Waals surface area contributed by atoms with Gasteiger partial charge in [0.05, 0.1) is 5.75 Å². The molecule has 0 heterocycles. The Balaban J connectivity index is 1.28. The molecule has 0 aliphatic heterocycles. The van der Waals surface area contributed by atoms with Crippen molar-refractivity contribution in [2.24, 2.45) is 0 Å². The number of benzene rings is 3. The van der Waals surface area contributed by atoms with Crippen molar-refractivity contribution in [1.29, 1.82) is 0 Å². The molecule has 6 heteroatoms. The third-order valence-electron chi connectivity index (χ3n) is 4.88. The van der Waals surface area contributed by atoms with Crippen LogP contribution in [0.1, 0.15) is 25.7 Å². The third-order valence-corrected chi connectivity index (χ3v) is 5.88. The number of carbonyl (C=O) groups excluding carboxylic acids is 2. The molecule has 0 aliphatic carbocycles. The van der Waals surface area contributed by atoms with E-state index in [9.17, 15) is 9.59 Å². The number of thioether (sulfide) groups is 1. The summed E-state index contributed by atoms with van der Waals surface area (Å²) in [7, 11) is 0. The van der Waals surface area contributed by atoms with Crippen LogP contribution in [0, 0.1) is 0 Å². The molecule has 0 fully saturated rings. The zero-order valence-corrected chi connectivity index (χ0v) is 18.9. The van der Waals surface area contributed by atoms with Gasteiger partial charge in [0, 0.05) is 29.2 Å². The number of nitrogen functional groups attached to an aromatic ring is 1. The number of nitrogens with two attached hydrogens (primary N) is 1. The summed E-state index contributed by atoms with van der Waals surface area (Å²) in [6, 6.07) is 25.5. The largest absolute Gasteiger partial charge is 0.399 e. The number of unbranched alkanes of at least 4 members (excludes halogenated alkanes) is 2. The minimum absolute atomic E-state index is 0.00784. The Morgan fingerprint density at radius 1 is 0.781 bits per heavy atom. The average molecular weight is 448 g/mol. The number of amides is 2. The zero-order chi connectivity index (χ0) is 22.6. The monoisotopic (exact) mass is 447 g/mol. The van der Waals surface area contributed by atoms with Crippen LogP contribution in [0.15, 0.2) is 83.8 Å².